The minimum Gasteiger partial charge on any atom is -0.378 e. The Labute approximate surface area is 126 Å². The zero-order valence-corrected chi connectivity index (χ0v) is 12.5. The normalized spacial score (nSPS) is 12.0. The summed E-state index contributed by atoms with van der Waals surface area (Å²) in [6.45, 7) is 1.95. The second kappa shape index (κ2) is 6.58. The van der Waals surface area contributed by atoms with Gasteiger partial charge >= 0.3 is 5.69 Å². The molecule has 1 N–H and O–H groups in total. The van der Waals surface area contributed by atoms with E-state index in [-0.39, 0.29) is 6.04 Å². The van der Waals surface area contributed by atoms with Gasteiger partial charge in [-0.3, -0.25) is 10.1 Å². The van der Waals surface area contributed by atoms with Gasteiger partial charge in [0.25, 0.3) is 0 Å². The Bertz CT molecular complexity index is 647. The van der Waals surface area contributed by atoms with Crippen LogP contribution in [0.4, 0.5) is 15.8 Å². The molecule has 0 amide bonds. The van der Waals surface area contributed by atoms with Gasteiger partial charge in [-0.25, -0.2) is 0 Å². The number of nitrogens with zero attached hydrogens (tertiary/aromatic N) is 1. The highest BCUT2D eigenvalue weighted by Crippen LogP contribution is 2.26. The summed E-state index contributed by atoms with van der Waals surface area (Å²) < 4.78 is 13.3. The number of anilines is 1. The molecular weight excluding hydrogens is 291 g/mol. The second-order valence-corrected chi connectivity index (χ2v) is 5.44. The largest absolute Gasteiger partial charge is 0.378 e. The molecule has 0 bridgehead atoms. The number of benzene rings is 2. The summed E-state index contributed by atoms with van der Waals surface area (Å²) in [6.07, 6.45) is 2.01. The Morgan fingerprint density at radius 2 is 1.90 bits per heavy atom. The first kappa shape index (κ1) is 15.3. The molecule has 2 aromatic carbocycles. The summed E-state index contributed by atoms with van der Waals surface area (Å²) in [7, 11) is 0. The smallest absolute Gasteiger partial charge is 0.306 e. The quantitative estimate of drug-likeness (QED) is 0.497. The van der Waals surface area contributed by atoms with Crippen LogP contribution >= 0.6 is 11.8 Å². The van der Waals surface area contributed by atoms with E-state index in [1.54, 1.807) is 11.8 Å². The molecule has 4 nitrogen and oxygen atoms in total. The van der Waals surface area contributed by atoms with E-state index in [1.807, 2.05) is 37.4 Å². The van der Waals surface area contributed by atoms with Crippen molar-refractivity contribution in [2.45, 2.75) is 17.9 Å². The zero-order chi connectivity index (χ0) is 15.4. The van der Waals surface area contributed by atoms with Gasteiger partial charge in [0.2, 0.25) is 5.82 Å². The van der Waals surface area contributed by atoms with Gasteiger partial charge in [0, 0.05) is 22.7 Å². The Balaban J connectivity index is 2.16. The third-order valence-electron chi connectivity index (χ3n) is 3.14. The van der Waals surface area contributed by atoms with Crippen molar-refractivity contribution in [2.24, 2.45) is 0 Å². The molecule has 0 heterocycles. The average Bonchev–Trinajstić information content (AvgIpc) is 2.49. The van der Waals surface area contributed by atoms with E-state index in [1.165, 1.54) is 17.0 Å². The summed E-state index contributed by atoms with van der Waals surface area (Å²) >= 11 is 1.66. The molecule has 0 saturated carbocycles. The van der Waals surface area contributed by atoms with Gasteiger partial charge in [-0.1, -0.05) is 12.1 Å². The molecule has 110 valence electrons. The molecule has 21 heavy (non-hydrogen) atoms. The van der Waals surface area contributed by atoms with E-state index in [0.717, 1.165) is 11.6 Å². The van der Waals surface area contributed by atoms with Crippen molar-refractivity contribution in [2.75, 3.05) is 11.6 Å². The predicted molar refractivity (Wildman–Crippen MR) is 83.3 cm³/mol. The Morgan fingerprint density at radius 3 is 2.48 bits per heavy atom. The lowest BCUT2D eigenvalue weighted by atomic mass is 10.1. The molecular formula is C15H15FN2O2S. The van der Waals surface area contributed by atoms with Crippen LogP contribution in [-0.2, 0) is 0 Å². The molecule has 6 heteroatoms. The van der Waals surface area contributed by atoms with Crippen LogP contribution < -0.4 is 5.32 Å². The number of nitro benzene ring substituents is 1. The number of nitro groups is 1. The minimum atomic E-state index is -0.831. The van der Waals surface area contributed by atoms with Crippen molar-refractivity contribution in [3.05, 3.63) is 64.0 Å². The molecule has 0 aliphatic carbocycles. The first-order valence-electron chi connectivity index (χ1n) is 6.35. The molecule has 0 aromatic heterocycles. The number of hydrogen-bond donors (Lipinski definition) is 1. The van der Waals surface area contributed by atoms with Gasteiger partial charge in [-0.2, -0.15) is 4.39 Å². The standard InChI is InChI=1S/C15H15FN2O2S/c1-10(11-3-6-13(21-2)7-4-11)17-12-5-8-14(16)15(9-12)18(19)20/h3-10,17H,1-2H3. The van der Waals surface area contributed by atoms with Gasteiger partial charge in [-0.15, -0.1) is 11.8 Å². The Morgan fingerprint density at radius 1 is 1.24 bits per heavy atom. The number of hydrogen-bond acceptors (Lipinski definition) is 4. The lowest BCUT2D eigenvalue weighted by molar-refractivity contribution is -0.387. The lowest BCUT2D eigenvalue weighted by Crippen LogP contribution is -2.07. The molecule has 0 aliphatic rings. The maximum atomic E-state index is 13.3. The topological polar surface area (TPSA) is 55.2 Å². The van der Waals surface area contributed by atoms with Crippen LogP contribution in [0.1, 0.15) is 18.5 Å². The molecule has 1 unspecified atom stereocenters. The summed E-state index contributed by atoms with van der Waals surface area (Å²) in [5.41, 5.74) is 1.05. The lowest BCUT2D eigenvalue weighted by Gasteiger charge is -2.16. The van der Waals surface area contributed by atoms with Crippen LogP contribution in [0, 0.1) is 15.9 Å². The maximum absolute atomic E-state index is 13.3. The fraction of sp³-hybridized carbons (Fsp3) is 0.200. The van der Waals surface area contributed by atoms with Crippen LogP contribution in [0.3, 0.4) is 0 Å². The average molecular weight is 306 g/mol. The number of thioether (sulfide) groups is 1. The zero-order valence-electron chi connectivity index (χ0n) is 11.7. The van der Waals surface area contributed by atoms with Crippen molar-refractivity contribution in [3.8, 4) is 0 Å². The van der Waals surface area contributed by atoms with Crippen molar-refractivity contribution in [3.63, 3.8) is 0 Å². The van der Waals surface area contributed by atoms with Crippen LogP contribution in [-0.4, -0.2) is 11.2 Å². The van der Waals surface area contributed by atoms with Gasteiger partial charge < -0.3 is 5.32 Å². The first-order chi connectivity index (χ1) is 10.0. The van der Waals surface area contributed by atoms with E-state index >= 15 is 0 Å². The molecule has 2 rings (SSSR count). The number of nitrogens with one attached hydrogen (secondary N) is 1. The maximum Gasteiger partial charge on any atom is 0.306 e. The second-order valence-electron chi connectivity index (χ2n) is 4.56. The first-order valence-corrected chi connectivity index (χ1v) is 7.58. The highest BCUT2D eigenvalue weighted by molar-refractivity contribution is 7.98. The number of halogens is 1. The summed E-state index contributed by atoms with van der Waals surface area (Å²) in [5, 5.41) is 13.9. The van der Waals surface area contributed by atoms with E-state index in [0.29, 0.717) is 5.69 Å². The molecule has 0 radical (unpaired) electrons. The van der Waals surface area contributed by atoms with Gasteiger partial charge in [0.15, 0.2) is 0 Å². The monoisotopic (exact) mass is 306 g/mol. The SMILES string of the molecule is CSc1ccc(C(C)Nc2ccc(F)c([N+](=O)[O-])c2)cc1. The van der Waals surface area contributed by atoms with Crippen LogP contribution in [0.15, 0.2) is 47.4 Å². The number of rotatable bonds is 5. The molecule has 0 spiro atoms. The van der Waals surface area contributed by atoms with Crippen molar-refractivity contribution >= 4 is 23.1 Å². The minimum absolute atomic E-state index is 0.0361. The molecule has 0 fully saturated rings. The fourth-order valence-corrected chi connectivity index (χ4v) is 2.38. The predicted octanol–water partition coefficient (Wildman–Crippen LogP) is 4.63. The summed E-state index contributed by atoms with van der Waals surface area (Å²) in [6, 6.07) is 11.8. The highest BCUT2D eigenvalue weighted by Gasteiger charge is 2.15. The van der Waals surface area contributed by atoms with Gasteiger partial charge in [0.05, 0.1) is 4.92 Å². The summed E-state index contributed by atoms with van der Waals surface area (Å²) in [4.78, 5) is 11.2. The van der Waals surface area contributed by atoms with Crippen LogP contribution in [0.25, 0.3) is 0 Å². The van der Waals surface area contributed by atoms with E-state index < -0.39 is 16.4 Å². The van der Waals surface area contributed by atoms with E-state index in [2.05, 4.69) is 5.32 Å². The third-order valence-corrected chi connectivity index (χ3v) is 3.89. The van der Waals surface area contributed by atoms with Crippen molar-refractivity contribution in [1.29, 1.82) is 0 Å². The van der Waals surface area contributed by atoms with Crippen molar-refractivity contribution in [1.82, 2.24) is 0 Å². The highest BCUT2D eigenvalue weighted by atomic mass is 32.2. The fourth-order valence-electron chi connectivity index (χ4n) is 1.97. The molecule has 2 aromatic rings. The molecule has 0 saturated heterocycles. The summed E-state index contributed by atoms with van der Waals surface area (Å²) in [5.74, 6) is -0.831. The Hall–Kier alpha value is -2.08. The van der Waals surface area contributed by atoms with Gasteiger partial charge in [-0.05, 0) is 43.0 Å². The van der Waals surface area contributed by atoms with E-state index in [9.17, 15) is 14.5 Å². The molecule has 1 atom stereocenters. The Kier molecular flexibility index (Phi) is 4.80. The van der Waals surface area contributed by atoms with E-state index in [4.69, 9.17) is 0 Å². The van der Waals surface area contributed by atoms with Crippen LogP contribution in [0.5, 0.6) is 0 Å². The van der Waals surface area contributed by atoms with Crippen molar-refractivity contribution < 1.29 is 9.31 Å². The third kappa shape index (κ3) is 3.72. The van der Waals surface area contributed by atoms with Gasteiger partial charge in [0.1, 0.15) is 0 Å². The van der Waals surface area contributed by atoms with Crippen LogP contribution in [0.2, 0.25) is 0 Å². The molecule has 0 aliphatic heterocycles.